The first-order valence-electron chi connectivity index (χ1n) is 13.3. The van der Waals surface area contributed by atoms with Crippen LogP contribution in [0, 0.1) is 55.4 Å². The molecule has 4 nitrogen and oxygen atoms in total. The van der Waals surface area contributed by atoms with Gasteiger partial charge < -0.3 is 0 Å². The molecule has 4 rings (SSSR count). The SMILES string of the molecule is Cc1ccc(C(=O)c2c(C)c(C(=O)P=O)c(C)c(-c3ccccc3)c2C(=O)c2ccc(C)c(C)c2C)c(C)c1C. The van der Waals surface area contributed by atoms with Crippen molar-refractivity contribution in [2.45, 2.75) is 55.4 Å². The molecule has 0 aromatic heterocycles. The Morgan fingerprint density at radius 3 is 1.45 bits per heavy atom. The van der Waals surface area contributed by atoms with Gasteiger partial charge in [0.05, 0.1) is 0 Å². The highest BCUT2D eigenvalue weighted by molar-refractivity contribution is 7.47. The molecule has 0 atom stereocenters. The molecule has 0 unspecified atom stereocenters. The minimum absolute atomic E-state index is 0.172. The van der Waals surface area contributed by atoms with Crippen molar-refractivity contribution in [3.63, 3.8) is 0 Å². The molecular formula is C35H33O4P. The summed E-state index contributed by atoms with van der Waals surface area (Å²) >= 11 is 0. The van der Waals surface area contributed by atoms with Gasteiger partial charge in [-0.3, -0.25) is 18.9 Å². The zero-order valence-corrected chi connectivity index (χ0v) is 25.2. The number of carbonyl (C=O) groups is 3. The lowest BCUT2D eigenvalue weighted by molar-refractivity contribution is 0.100. The summed E-state index contributed by atoms with van der Waals surface area (Å²) in [6.45, 7) is 15.2. The van der Waals surface area contributed by atoms with Crippen molar-refractivity contribution < 1.29 is 18.9 Å². The van der Waals surface area contributed by atoms with Crippen LogP contribution in [-0.2, 0) is 4.57 Å². The molecule has 0 aliphatic carbocycles. The van der Waals surface area contributed by atoms with Gasteiger partial charge >= 0.3 is 0 Å². The first-order chi connectivity index (χ1) is 18.9. The maximum absolute atomic E-state index is 14.6. The van der Waals surface area contributed by atoms with Crippen molar-refractivity contribution in [2.75, 3.05) is 0 Å². The zero-order chi connectivity index (χ0) is 29.5. The molecule has 0 spiro atoms. The van der Waals surface area contributed by atoms with E-state index >= 15 is 0 Å². The van der Waals surface area contributed by atoms with Crippen LogP contribution in [0.2, 0.25) is 0 Å². The average molecular weight is 549 g/mol. The summed E-state index contributed by atoms with van der Waals surface area (Å²) in [6.07, 6.45) is 0. The second-order valence-electron chi connectivity index (χ2n) is 10.5. The Hall–Kier alpha value is -4.01. The van der Waals surface area contributed by atoms with E-state index in [1.807, 2.05) is 90.1 Å². The van der Waals surface area contributed by atoms with Crippen LogP contribution in [0.5, 0.6) is 0 Å². The van der Waals surface area contributed by atoms with Crippen LogP contribution in [0.15, 0.2) is 54.6 Å². The summed E-state index contributed by atoms with van der Waals surface area (Å²) in [5.74, 6) is -0.620. The Bertz CT molecular complexity index is 1730. The van der Waals surface area contributed by atoms with Gasteiger partial charge in [0, 0.05) is 27.8 Å². The average Bonchev–Trinajstić information content (AvgIpc) is 2.94. The van der Waals surface area contributed by atoms with E-state index in [9.17, 15) is 18.9 Å². The van der Waals surface area contributed by atoms with Crippen molar-refractivity contribution in [1.82, 2.24) is 0 Å². The lowest BCUT2D eigenvalue weighted by atomic mass is 9.78. The Morgan fingerprint density at radius 1 is 0.500 bits per heavy atom. The van der Waals surface area contributed by atoms with Gasteiger partial charge in [0.15, 0.2) is 11.6 Å². The monoisotopic (exact) mass is 548 g/mol. The van der Waals surface area contributed by atoms with Crippen LogP contribution < -0.4 is 0 Å². The molecule has 0 fully saturated rings. The van der Waals surface area contributed by atoms with E-state index in [4.69, 9.17) is 0 Å². The van der Waals surface area contributed by atoms with Crippen LogP contribution in [0.1, 0.15) is 86.7 Å². The van der Waals surface area contributed by atoms with E-state index in [-0.39, 0.29) is 28.3 Å². The molecular weight excluding hydrogens is 515 g/mol. The summed E-state index contributed by atoms with van der Waals surface area (Å²) in [7, 11) is -0.677. The quantitative estimate of drug-likeness (QED) is 0.171. The maximum atomic E-state index is 14.6. The normalized spacial score (nSPS) is 11.1. The first-order valence-corrected chi connectivity index (χ1v) is 14.1. The van der Waals surface area contributed by atoms with Crippen LogP contribution in [0.25, 0.3) is 11.1 Å². The Balaban J connectivity index is 2.22. The van der Waals surface area contributed by atoms with Crippen molar-refractivity contribution in [3.05, 3.63) is 127 Å². The minimum Gasteiger partial charge on any atom is -0.289 e. The molecule has 0 aliphatic heterocycles. The van der Waals surface area contributed by atoms with Gasteiger partial charge in [-0.25, -0.2) is 0 Å². The molecule has 0 aliphatic rings. The molecule has 0 amide bonds. The molecule has 0 N–H and O–H groups in total. The van der Waals surface area contributed by atoms with E-state index in [1.54, 1.807) is 19.9 Å². The molecule has 0 saturated heterocycles. The van der Waals surface area contributed by atoms with E-state index in [0.29, 0.717) is 33.4 Å². The zero-order valence-electron chi connectivity index (χ0n) is 24.3. The Kier molecular flexibility index (Phi) is 8.14. The fraction of sp³-hybridized carbons (Fsp3) is 0.229. The fourth-order valence-corrected chi connectivity index (χ4v) is 5.97. The number of ketones is 2. The lowest BCUT2D eigenvalue weighted by Gasteiger charge is -2.23. The first kappa shape index (κ1) is 29.0. The van der Waals surface area contributed by atoms with Crippen molar-refractivity contribution in [1.29, 1.82) is 0 Å². The molecule has 5 heteroatoms. The van der Waals surface area contributed by atoms with E-state index in [0.717, 1.165) is 33.4 Å². The van der Waals surface area contributed by atoms with Gasteiger partial charge in [-0.15, -0.1) is 0 Å². The molecule has 4 aromatic rings. The van der Waals surface area contributed by atoms with Crippen molar-refractivity contribution in [2.24, 2.45) is 0 Å². The number of carbonyl (C=O) groups excluding carboxylic acids is 3. The van der Waals surface area contributed by atoms with Gasteiger partial charge in [0.1, 0.15) is 0 Å². The molecule has 0 bridgehead atoms. The predicted molar refractivity (Wildman–Crippen MR) is 161 cm³/mol. The third-order valence-electron chi connectivity index (χ3n) is 8.42. The minimum atomic E-state index is -0.677. The second-order valence-corrected chi connectivity index (χ2v) is 11.1. The Labute approximate surface area is 237 Å². The number of hydrogen-bond acceptors (Lipinski definition) is 4. The third-order valence-corrected chi connectivity index (χ3v) is 8.81. The van der Waals surface area contributed by atoms with Crippen LogP contribution in [0.4, 0.5) is 0 Å². The highest BCUT2D eigenvalue weighted by Gasteiger charge is 2.33. The molecule has 40 heavy (non-hydrogen) atoms. The number of benzene rings is 4. The molecule has 0 heterocycles. The van der Waals surface area contributed by atoms with E-state index < -0.39 is 14.0 Å². The molecule has 0 radical (unpaired) electrons. The summed E-state index contributed by atoms with van der Waals surface area (Å²) in [5.41, 5.74) is 8.87. The predicted octanol–water partition coefficient (Wildman–Crippen LogP) is 8.71. The largest absolute Gasteiger partial charge is 0.289 e. The topological polar surface area (TPSA) is 68.3 Å². The summed E-state index contributed by atoms with van der Waals surface area (Å²) in [4.78, 5) is 42.3. The maximum Gasteiger partial charge on any atom is 0.253 e. The standard InChI is InChI=1S/C35H33O4P/c1-18-14-16-27(22(5)20(18)3)33(36)31-25(8)29(35(38)40-39)24(7)30(26-12-10-9-11-13-26)32(31)34(37)28-17-15-19(2)21(4)23(28)6/h9-17H,1-8H3. The highest BCUT2D eigenvalue weighted by atomic mass is 31.1. The van der Waals surface area contributed by atoms with Crippen LogP contribution in [0.3, 0.4) is 0 Å². The summed E-state index contributed by atoms with van der Waals surface area (Å²) < 4.78 is 11.9. The fourth-order valence-electron chi connectivity index (χ4n) is 5.55. The van der Waals surface area contributed by atoms with Gasteiger partial charge in [0.25, 0.3) is 5.52 Å². The molecule has 0 saturated carbocycles. The van der Waals surface area contributed by atoms with Crippen LogP contribution >= 0.6 is 8.46 Å². The van der Waals surface area contributed by atoms with Gasteiger partial charge in [0.2, 0.25) is 8.46 Å². The highest BCUT2D eigenvalue weighted by Crippen LogP contribution is 2.40. The van der Waals surface area contributed by atoms with Crippen molar-refractivity contribution >= 4 is 25.6 Å². The van der Waals surface area contributed by atoms with E-state index in [2.05, 4.69) is 0 Å². The van der Waals surface area contributed by atoms with Gasteiger partial charge in [-0.05, 0) is 111 Å². The van der Waals surface area contributed by atoms with E-state index in [1.165, 1.54) is 0 Å². The summed E-state index contributed by atoms with van der Waals surface area (Å²) in [5, 5.41) is 0. The smallest absolute Gasteiger partial charge is 0.253 e. The Morgan fingerprint density at radius 2 is 0.975 bits per heavy atom. The van der Waals surface area contributed by atoms with Crippen LogP contribution in [-0.4, -0.2) is 17.1 Å². The number of aryl methyl sites for hydroxylation is 2. The second kappa shape index (κ2) is 11.2. The van der Waals surface area contributed by atoms with Gasteiger partial charge in [-0.2, -0.15) is 0 Å². The lowest BCUT2D eigenvalue weighted by Crippen LogP contribution is -2.20. The molecule has 202 valence electrons. The van der Waals surface area contributed by atoms with Crippen molar-refractivity contribution in [3.8, 4) is 11.1 Å². The summed E-state index contributed by atoms with van der Waals surface area (Å²) in [6, 6.07) is 16.7. The van der Waals surface area contributed by atoms with Gasteiger partial charge in [-0.1, -0.05) is 54.6 Å². The number of hydrogen-bond donors (Lipinski definition) is 0. The molecule has 4 aromatic carbocycles. The third kappa shape index (κ3) is 4.78. The number of rotatable bonds is 7.